The summed E-state index contributed by atoms with van der Waals surface area (Å²) in [4.78, 5) is 10.6. The Morgan fingerprint density at radius 2 is 2.29 bits per heavy atom. The Morgan fingerprint density at radius 3 is 2.82 bits per heavy atom. The predicted octanol–water partition coefficient (Wildman–Crippen LogP) is 2.98. The molecular weight excluding hydrogens is 221 g/mol. The minimum Gasteiger partial charge on any atom is -0.478 e. The zero-order valence-electron chi connectivity index (χ0n) is 9.74. The summed E-state index contributed by atoms with van der Waals surface area (Å²) in [6.07, 6.45) is 2.57. The molecule has 0 heterocycles. The maximum Gasteiger partial charge on any atom is 0.338 e. The van der Waals surface area contributed by atoms with Crippen LogP contribution in [0.2, 0.25) is 0 Å². The highest BCUT2D eigenvalue weighted by molar-refractivity contribution is 5.88. The van der Waals surface area contributed by atoms with Gasteiger partial charge in [0.15, 0.2) is 0 Å². The molecule has 0 radical (unpaired) electrons. The summed E-state index contributed by atoms with van der Waals surface area (Å²) in [6, 6.07) is 4.14. The fourth-order valence-electron chi connectivity index (χ4n) is 1.91. The molecule has 0 bridgehead atoms. The van der Waals surface area contributed by atoms with Gasteiger partial charge >= 0.3 is 5.97 Å². The summed E-state index contributed by atoms with van der Waals surface area (Å²) in [6.45, 7) is 2.98. The average molecular weight is 237 g/mol. The molecule has 2 N–H and O–H groups in total. The summed E-state index contributed by atoms with van der Waals surface area (Å²) in [5.41, 5.74) is 0.353. The van der Waals surface area contributed by atoms with Gasteiger partial charge in [0.1, 0.15) is 5.82 Å². The van der Waals surface area contributed by atoms with Crippen LogP contribution in [0.4, 0.5) is 10.1 Å². The van der Waals surface area contributed by atoms with Crippen molar-refractivity contribution in [1.82, 2.24) is 0 Å². The molecule has 1 aliphatic rings. The molecule has 0 spiro atoms. The molecular formula is C13H16FNO2. The molecule has 1 aliphatic carbocycles. The van der Waals surface area contributed by atoms with E-state index in [1.54, 1.807) is 6.07 Å². The van der Waals surface area contributed by atoms with E-state index in [1.807, 2.05) is 0 Å². The lowest BCUT2D eigenvalue weighted by atomic mass is 10.1. The van der Waals surface area contributed by atoms with E-state index in [9.17, 15) is 9.18 Å². The van der Waals surface area contributed by atoms with E-state index in [2.05, 4.69) is 12.2 Å². The smallest absolute Gasteiger partial charge is 0.338 e. The molecule has 2 rings (SSSR count). The maximum atomic E-state index is 13.4. The van der Waals surface area contributed by atoms with E-state index in [0.717, 1.165) is 12.5 Å². The molecule has 0 aliphatic heterocycles. The second kappa shape index (κ2) is 4.73. The second-order valence-corrected chi connectivity index (χ2v) is 4.70. The lowest BCUT2D eigenvalue weighted by molar-refractivity contribution is 0.0692. The molecule has 0 aromatic heterocycles. The van der Waals surface area contributed by atoms with Crippen molar-refractivity contribution in [3.05, 3.63) is 29.6 Å². The largest absolute Gasteiger partial charge is 0.478 e. The Morgan fingerprint density at radius 1 is 1.59 bits per heavy atom. The van der Waals surface area contributed by atoms with Crippen molar-refractivity contribution >= 4 is 11.7 Å². The third-order valence-electron chi connectivity index (χ3n) is 3.25. The summed E-state index contributed by atoms with van der Waals surface area (Å²) in [5, 5.41) is 11.8. The van der Waals surface area contributed by atoms with Gasteiger partial charge in [-0.25, -0.2) is 9.18 Å². The number of hydrogen-bond donors (Lipinski definition) is 2. The number of hydrogen-bond acceptors (Lipinski definition) is 2. The lowest BCUT2D eigenvalue weighted by Crippen LogP contribution is -2.13. The number of rotatable bonds is 5. The number of anilines is 1. The van der Waals surface area contributed by atoms with E-state index in [-0.39, 0.29) is 5.56 Å². The van der Waals surface area contributed by atoms with Crippen LogP contribution in [-0.4, -0.2) is 17.6 Å². The first-order chi connectivity index (χ1) is 8.08. The topological polar surface area (TPSA) is 49.3 Å². The fourth-order valence-corrected chi connectivity index (χ4v) is 1.91. The summed E-state index contributed by atoms with van der Waals surface area (Å²) >= 11 is 0. The van der Waals surface area contributed by atoms with Gasteiger partial charge in [0.2, 0.25) is 0 Å². The lowest BCUT2D eigenvalue weighted by Gasteiger charge is -2.12. The van der Waals surface area contributed by atoms with Crippen molar-refractivity contribution in [3.8, 4) is 0 Å². The molecule has 92 valence electrons. The van der Waals surface area contributed by atoms with Crippen molar-refractivity contribution in [2.45, 2.75) is 19.8 Å². The quantitative estimate of drug-likeness (QED) is 0.827. The van der Waals surface area contributed by atoms with Gasteiger partial charge in [-0.15, -0.1) is 0 Å². The number of aromatic carboxylic acids is 1. The van der Waals surface area contributed by atoms with Gasteiger partial charge in [0.05, 0.1) is 5.56 Å². The van der Waals surface area contributed by atoms with Crippen LogP contribution < -0.4 is 5.32 Å². The number of nitrogens with one attached hydrogen (secondary N) is 1. The standard InChI is InChI=1S/C13H16FNO2/c1-8(9-2-3-9)7-15-10-4-5-11(13(16)17)12(14)6-10/h4-6,8-9,15H,2-3,7H2,1H3,(H,16,17). The average Bonchev–Trinajstić information content (AvgIpc) is 3.09. The SMILES string of the molecule is CC(CNc1ccc(C(=O)O)c(F)c1)C1CC1. The number of halogens is 1. The van der Waals surface area contributed by atoms with Crippen LogP contribution in [0.15, 0.2) is 18.2 Å². The van der Waals surface area contributed by atoms with Crippen LogP contribution in [0.5, 0.6) is 0 Å². The van der Waals surface area contributed by atoms with E-state index < -0.39 is 11.8 Å². The summed E-state index contributed by atoms with van der Waals surface area (Å²) in [7, 11) is 0. The first-order valence-corrected chi connectivity index (χ1v) is 5.84. The van der Waals surface area contributed by atoms with Crippen molar-refractivity contribution < 1.29 is 14.3 Å². The van der Waals surface area contributed by atoms with Gasteiger partial charge in [-0.1, -0.05) is 6.92 Å². The van der Waals surface area contributed by atoms with Gasteiger partial charge in [-0.05, 0) is 42.9 Å². The van der Waals surface area contributed by atoms with Crippen molar-refractivity contribution in [2.24, 2.45) is 11.8 Å². The molecule has 1 fully saturated rings. The summed E-state index contributed by atoms with van der Waals surface area (Å²) < 4.78 is 13.4. The zero-order valence-corrected chi connectivity index (χ0v) is 9.74. The molecule has 1 aromatic carbocycles. The first kappa shape index (κ1) is 11.9. The predicted molar refractivity (Wildman–Crippen MR) is 63.7 cm³/mol. The van der Waals surface area contributed by atoms with E-state index in [1.165, 1.54) is 25.0 Å². The van der Waals surface area contributed by atoms with Crippen molar-refractivity contribution in [1.29, 1.82) is 0 Å². The number of carboxylic acid groups (broad SMARTS) is 1. The van der Waals surface area contributed by atoms with Gasteiger partial charge in [0, 0.05) is 12.2 Å². The molecule has 1 aromatic rings. The maximum absolute atomic E-state index is 13.4. The Bertz CT molecular complexity index is 429. The molecule has 1 unspecified atom stereocenters. The van der Waals surface area contributed by atoms with Crippen LogP contribution >= 0.6 is 0 Å². The Labute approximate surface area is 99.7 Å². The highest BCUT2D eigenvalue weighted by Gasteiger charge is 2.27. The van der Waals surface area contributed by atoms with Crippen LogP contribution in [0, 0.1) is 17.7 Å². The van der Waals surface area contributed by atoms with Gasteiger partial charge in [-0.3, -0.25) is 0 Å². The van der Waals surface area contributed by atoms with Gasteiger partial charge in [-0.2, -0.15) is 0 Å². The van der Waals surface area contributed by atoms with Crippen LogP contribution in [0.1, 0.15) is 30.1 Å². The van der Waals surface area contributed by atoms with Crippen molar-refractivity contribution in [3.63, 3.8) is 0 Å². The minimum absolute atomic E-state index is 0.286. The Hall–Kier alpha value is -1.58. The molecule has 3 nitrogen and oxygen atoms in total. The van der Waals surface area contributed by atoms with Crippen LogP contribution in [-0.2, 0) is 0 Å². The molecule has 1 atom stereocenters. The van der Waals surface area contributed by atoms with E-state index in [0.29, 0.717) is 11.6 Å². The highest BCUT2D eigenvalue weighted by Crippen LogP contribution is 2.36. The van der Waals surface area contributed by atoms with Gasteiger partial charge < -0.3 is 10.4 Å². The fraction of sp³-hybridized carbons (Fsp3) is 0.462. The minimum atomic E-state index is -1.24. The van der Waals surface area contributed by atoms with E-state index in [4.69, 9.17) is 5.11 Å². The van der Waals surface area contributed by atoms with Gasteiger partial charge in [0.25, 0.3) is 0 Å². The third kappa shape index (κ3) is 2.96. The molecule has 4 heteroatoms. The van der Waals surface area contributed by atoms with Crippen LogP contribution in [0.25, 0.3) is 0 Å². The number of carboxylic acids is 1. The second-order valence-electron chi connectivity index (χ2n) is 4.70. The Balaban J connectivity index is 1.97. The molecule has 0 amide bonds. The highest BCUT2D eigenvalue weighted by atomic mass is 19.1. The van der Waals surface area contributed by atoms with Crippen LogP contribution in [0.3, 0.4) is 0 Å². The normalized spacial score (nSPS) is 16.6. The molecule has 17 heavy (non-hydrogen) atoms. The Kier molecular flexibility index (Phi) is 3.31. The number of benzene rings is 1. The first-order valence-electron chi connectivity index (χ1n) is 5.84. The zero-order chi connectivity index (χ0) is 12.4. The van der Waals surface area contributed by atoms with E-state index >= 15 is 0 Å². The molecule has 0 saturated heterocycles. The molecule has 1 saturated carbocycles. The summed E-state index contributed by atoms with van der Waals surface area (Å²) in [5.74, 6) is -0.551. The van der Waals surface area contributed by atoms with Crippen molar-refractivity contribution in [2.75, 3.05) is 11.9 Å². The monoisotopic (exact) mass is 237 g/mol. The third-order valence-corrected chi connectivity index (χ3v) is 3.25. The number of carbonyl (C=O) groups is 1.